The summed E-state index contributed by atoms with van der Waals surface area (Å²) in [5, 5.41) is -0.343. The fourth-order valence-electron chi connectivity index (χ4n) is 2.27. The van der Waals surface area contributed by atoms with E-state index in [1.807, 2.05) is 0 Å². The quantitative estimate of drug-likeness (QED) is 0.507. The second kappa shape index (κ2) is 8.99. The largest absolute Gasteiger partial charge is 0.465 e. The molecule has 0 unspecified atom stereocenters. The summed E-state index contributed by atoms with van der Waals surface area (Å²) in [6, 6.07) is 5.44. The molecule has 0 radical (unpaired) electrons. The Hall–Kier alpha value is -1.68. The van der Waals surface area contributed by atoms with Crippen LogP contribution in [-0.4, -0.2) is 27.5 Å². The van der Waals surface area contributed by atoms with Crippen LogP contribution in [0.15, 0.2) is 41.3 Å². The second-order valence-corrected chi connectivity index (χ2v) is 8.64. The number of esters is 1. The van der Waals surface area contributed by atoms with Gasteiger partial charge < -0.3 is 4.74 Å². The summed E-state index contributed by atoms with van der Waals surface area (Å²) >= 11 is 17.6. The molecule has 0 aliphatic heterocycles. The molecule has 29 heavy (non-hydrogen) atoms. The molecule has 12 heteroatoms. The molecule has 0 saturated carbocycles. The number of halogens is 6. The van der Waals surface area contributed by atoms with Gasteiger partial charge in [-0.15, -0.1) is 0 Å². The third kappa shape index (κ3) is 5.48. The molecule has 0 fully saturated rings. The lowest BCUT2D eigenvalue weighted by molar-refractivity contribution is -0.141. The topological polar surface area (TPSA) is 63.7 Å². The third-order valence-corrected chi connectivity index (χ3v) is 6.41. The molecule has 0 atom stereocenters. The first kappa shape index (κ1) is 23.6. The molecule has 0 aliphatic carbocycles. The maximum absolute atomic E-state index is 13.1. The van der Waals surface area contributed by atoms with Crippen molar-refractivity contribution >= 4 is 56.5 Å². The van der Waals surface area contributed by atoms with E-state index in [-0.39, 0.29) is 21.7 Å². The molecule has 2 rings (SSSR count). The molecule has 2 aromatic carbocycles. The summed E-state index contributed by atoms with van der Waals surface area (Å²) in [4.78, 5) is 11.6. The van der Waals surface area contributed by atoms with Crippen molar-refractivity contribution in [3.8, 4) is 0 Å². The lowest BCUT2D eigenvalue weighted by Crippen LogP contribution is -2.37. The van der Waals surface area contributed by atoms with E-state index in [1.54, 1.807) is 0 Å². The van der Waals surface area contributed by atoms with Crippen LogP contribution in [0.2, 0.25) is 15.1 Å². The second-order valence-electron chi connectivity index (χ2n) is 5.56. The highest BCUT2D eigenvalue weighted by Gasteiger charge is 2.35. The Bertz CT molecular complexity index is 1030. The number of nitrogens with zero attached hydrogens (tertiary/aromatic N) is 1. The van der Waals surface area contributed by atoms with Crippen LogP contribution >= 0.6 is 34.8 Å². The van der Waals surface area contributed by atoms with E-state index in [0.717, 1.165) is 18.2 Å². The molecule has 0 heterocycles. The van der Waals surface area contributed by atoms with Crippen molar-refractivity contribution in [2.45, 2.75) is 18.0 Å². The predicted molar refractivity (Wildman–Crippen MR) is 104 cm³/mol. The average molecular weight is 491 g/mol. The van der Waals surface area contributed by atoms with E-state index < -0.39 is 44.9 Å². The van der Waals surface area contributed by atoms with Gasteiger partial charge in [0, 0.05) is 0 Å². The van der Waals surface area contributed by atoms with Crippen LogP contribution in [0, 0.1) is 0 Å². The zero-order valence-electron chi connectivity index (χ0n) is 14.6. The van der Waals surface area contributed by atoms with Crippen molar-refractivity contribution in [3.63, 3.8) is 0 Å². The Morgan fingerprint density at radius 3 is 2.21 bits per heavy atom. The average Bonchev–Trinajstić information content (AvgIpc) is 2.61. The van der Waals surface area contributed by atoms with E-state index in [9.17, 15) is 26.4 Å². The van der Waals surface area contributed by atoms with Gasteiger partial charge in [-0.25, -0.2) is 8.42 Å². The minimum Gasteiger partial charge on any atom is -0.465 e. The first-order valence-electron chi connectivity index (χ1n) is 7.88. The van der Waals surface area contributed by atoms with E-state index in [0.29, 0.717) is 16.4 Å². The van der Waals surface area contributed by atoms with Crippen molar-refractivity contribution in [2.75, 3.05) is 17.5 Å². The molecular weight excluding hydrogens is 478 g/mol. The Kier molecular flexibility index (Phi) is 7.32. The molecule has 0 amide bonds. The normalized spacial score (nSPS) is 12.0. The summed E-state index contributed by atoms with van der Waals surface area (Å²) in [5.41, 5.74) is -1.68. The molecule has 0 aromatic heterocycles. The van der Waals surface area contributed by atoms with Gasteiger partial charge in [-0.3, -0.25) is 9.10 Å². The monoisotopic (exact) mass is 489 g/mol. The molecule has 158 valence electrons. The van der Waals surface area contributed by atoms with Gasteiger partial charge >= 0.3 is 12.1 Å². The Balaban J connectivity index is 2.67. The number of benzene rings is 2. The van der Waals surface area contributed by atoms with Crippen LogP contribution in [0.1, 0.15) is 12.5 Å². The maximum Gasteiger partial charge on any atom is 0.416 e. The Morgan fingerprint density at radius 1 is 1.03 bits per heavy atom. The molecule has 0 saturated heterocycles. The molecular formula is C17H13Cl3F3NO4S. The predicted octanol–water partition coefficient (Wildman–Crippen LogP) is 5.42. The highest BCUT2D eigenvalue weighted by atomic mass is 35.5. The summed E-state index contributed by atoms with van der Waals surface area (Å²) in [7, 11) is -4.55. The zero-order valence-corrected chi connectivity index (χ0v) is 17.7. The minimum absolute atomic E-state index is 0.0597. The van der Waals surface area contributed by atoms with Gasteiger partial charge in [-0.2, -0.15) is 13.2 Å². The van der Waals surface area contributed by atoms with Crippen molar-refractivity contribution in [1.82, 2.24) is 0 Å². The fraction of sp³-hybridized carbons (Fsp3) is 0.235. The van der Waals surface area contributed by atoms with Gasteiger partial charge in [0.15, 0.2) is 0 Å². The Labute approximate surface area is 180 Å². The van der Waals surface area contributed by atoms with Crippen molar-refractivity contribution in [1.29, 1.82) is 0 Å². The fourth-order valence-corrected chi connectivity index (χ4v) is 4.35. The summed E-state index contributed by atoms with van der Waals surface area (Å²) in [6.45, 7) is 0.528. The molecule has 5 nitrogen and oxygen atoms in total. The summed E-state index contributed by atoms with van der Waals surface area (Å²) in [5.74, 6) is -0.982. The third-order valence-electron chi connectivity index (χ3n) is 3.60. The number of hydrogen-bond donors (Lipinski definition) is 0. The van der Waals surface area contributed by atoms with Crippen LogP contribution in [0.4, 0.5) is 18.9 Å². The van der Waals surface area contributed by atoms with Gasteiger partial charge in [0.05, 0.1) is 37.8 Å². The van der Waals surface area contributed by atoms with Crippen molar-refractivity contribution in [2.24, 2.45) is 0 Å². The number of anilines is 1. The Morgan fingerprint density at radius 2 is 1.66 bits per heavy atom. The smallest absolute Gasteiger partial charge is 0.416 e. The number of ether oxygens (including phenoxy) is 1. The molecule has 0 bridgehead atoms. The lowest BCUT2D eigenvalue weighted by Gasteiger charge is -2.25. The van der Waals surface area contributed by atoms with Crippen LogP contribution in [0.25, 0.3) is 0 Å². The van der Waals surface area contributed by atoms with Gasteiger partial charge in [0.2, 0.25) is 0 Å². The lowest BCUT2D eigenvalue weighted by atomic mass is 10.2. The summed E-state index contributed by atoms with van der Waals surface area (Å²) in [6.07, 6.45) is -4.76. The van der Waals surface area contributed by atoms with Crippen LogP contribution < -0.4 is 4.31 Å². The molecule has 2 aromatic rings. The maximum atomic E-state index is 13.1. The number of carbonyl (C=O) groups excluding carboxylic acids is 1. The standard InChI is InChI=1S/C17H13Cl3F3NO4S/c1-2-28-16(25)9-24(15-7-10(17(21,22)23)3-5-13(15)19)29(26,27)11-4-6-12(18)14(20)8-11/h3-8H,2,9H2,1H3. The van der Waals surface area contributed by atoms with Gasteiger partial charge in [-0.1, -0.05) is 34.8 Å². The number of alkyl halides is 3. The first-order chi connectivity index (χ1) is 13.4. The van der Waals surface area contributed by atoms with Gasteiger partial charge in [0.1, 0.15) is 6.54 Å². The number of carbonyl (C=O) groups is 1. The zero-order chi connectivity index (χ0) is 22.0. The van der Waals surface area contributed by atoms with Crippen molar-refractivity contribution in [3.05, 3.63) is 57.0 Å². The van der Waals surface area contributed by atoms with E-state index in [1.165, 1.54) is 13.0 Å². The highest BCUT2D eigenvalue weighted by Crippen LogP contribution is 2.38. The summed E-state index contributed by atoms with van der Waals surface area (Å²) < 4.78 is 70.8. The number of sulfonamides is 1. The van der Waals surface area contributed by atoms with Crippen LogP contribution in [0.5, 0.6) is 0 Å². The SMILES string of the molecule is CCOC(=O)CN(c1cc(C(F)(F)F)ccc1Cl)S(=O)(=O)c1ccc(Cl)c(Cl)c1. The van der Waals surface area contributed by atoms with E-state index >= 15 is 0 Å². The molecule has 0 aliphatic rings. The van der Waals surface area contributed by atoms with Gasteiger partial charge in [-0.05, 0) is 43.3 Å². The first-order valence-corrected chi connectivity index (χ1v) is 10.5. The van der Waals surface area contributed by atoms with Gasteiger partial charge in [0.25, 0.3) is 10.0 Å². The molecule has 0 spiro atoms. The van der Waals surface area contributed by atoms with E-state index in [4.69, 9.17) is 39.5 Å². The number of hydrogen-bond acceptors (Lipinski definition) is 4. The van der Waals surface area contributed by atoms with Crippen molar-refractivity contribution < 1.29 is 31.1 Å². The number of rotatable bonds is 6. The van der Waals surface area contributed by atoms with Crippen LogP contribution in [-0.2, 0) is 25.7 Å². The molecule has 0 N–H and O–H groups in total. The van der Waals surface area contributed by atoms with E-state index in [2.05, 4.69) is 0 Å². The minimum atomic E-state index is -4.76. The van der Waals surface area contributed by atoms with Crippen LogP contribution in [0.3, 0.4) is 0 Å². The highest BCUT2D eigenvalue weighted by molar-refractivity contribution is 7.92.